The number of carboxylic acid groups (broad SMARTS) is 1. The molecule has 0 bridgehead atoms. The van der Waals surface area contributed by atoms with Crippen molar-refractivity contribution in [1.82, 2.24) is 0 Å². The molecule has 0 heterocycles. The van der Waals surface area contributed by atoms with Crippen LogP contribution in [-0.2, 0) is 37.5 Å². The Morgan fingerprint density at radius 2 is 0.946 bits per heavy atom. The number of carbonyl (C=O) groups excluding carboxylic acids is 2. The first-order valence-corrected chi connectivity index (χ1v) is 23.5. The third-order valence-corrected chi connectivity index (χ3v) is 10.3. The van der Waals surface area contributed by atoms with Crippen LogP contribution in [0.25, 0.3) is 0 Å². The highest BCUT2D eigenvalue weighted by Crippen LogP contribution is 2.43. The fourth-order valence-corrected chi connectivity index (χ4v) is 6.63. The Labute approximate surface area is 340 Å². The zero-order chi connectivity index (χ0) is 41.4. The first kappa shape index (κ1) is 53.7. The van der Waals surface area contributed by atoms with Crippen molar-refractivity contribution in [2.24, 2.45) is 5.73 Å². The van der Waals surface area contributed by atoms with E-state index in [4.69, 9.17) is 24.8 Å². The summed E-state index contributed by atoms with van der Waals surface area (Å²) in [5.74, 6) is -2.42. The van der Waals surface area contributed by atoms with Crippen LogP contribution in [0.15, 0.2) is 36.5 Å². The number of allylic oxidation sites excluding steroid dienone is 6. The maximum Gasteiger partial charge on any atom is 0.472 e. The lowest BCUT2D eigenvalue weighted by Gasteiger charge is -2.20. The van der Waals surface area contributed by atoms with Crippen LogP contribution >= 0.6 is 7.82 Å². The second kappa shape index (κ2) is 39.5. The molecule has 0 aromatic heterocycles. The number of ether oxygens (including phenoxy) is 2. The molecule has 0 radical (unpaired) electrons. The normalized spacial score (nSPS) is 14.1. The molecule has 3 atom stereocenters. The van der Waals surface area contributed by atoms with Crippen LogP contribution in [0.4, 0.5) is 0 Å². The molecule has 11 nitrogen and oxygen atoms in total. The predicted octanol–water partition coefficient (Wildman–Crippen LogP) is 11.6. The second-order valence-corrected chi connectivity index (χ2v) is 16.3. The minimum absolute atomic E-state index is 0.119. The highest BCUT2D eigenvalue weighted by atomic mass is 31.2. The van der Waals surface area contributed by atoms with Gasteiger partial charge in [-0.15, -0.1) is 0 Å². The van der Waals surface area contributed by atoms with Gasteiger partial charge >= 0.3 is 25.7 Å². The zero-order valence-electron chi connectivity index (χ0n) is 35.2. The van der Waals surface area contributed by atoms with Gasteiger partial charge in [-0.3, -0.25) is 23.4 Å². The van der Waals surface area contributed by atoms with Crippen molar-refractivity contribution in [3.63, 3.8) is 0 Å². The summed E-state index contributed by atoms with van der Waals surface area (Å²) in [5, 5.41) is 8.88. The van der Waals surface area contributed by atoms with Crippen molar-refractivity contribution >= 4 is 25.7 Å². The third kappa shape index (κ3) is 38.6. The molecule has 0 saturated carbocycles. The molecular weight excluding hydrogens is 733 g/mol. The number of nitrogens with two attached hydrogens (primary N) is 1. The van der Waals surface area contributed by atoms with Crippen LogP contribution in [0.1, 0.15) is 194 Å². The third-order valence-electron chi connectivity index (χ3n) is 9.36. The van der Waals surface area contributed by atoms with Gasteiger partial charge in [-0.25, -0.2) is 4.57 Å². The summed E-state index contributed by atoms with van der Waals surface area (Å²) in [4.78, 5) is 45.9. The van der Waals surface area contributed by atoms with Crippen LogP contribution in [-0.4, -0.2) is 59.9 Å². The summed E-state index contributed by atoms with van der Waals surface area (Å²) in [7, 11) is -4.72. The standard InChI is InChI=1S/C44H80NO10P/c1-3-5-7-9-11-13-15-17-19-20-22-23-25-27-29-31-33-35-42(46)52-37-40(38-53-56(50,51)54-39-41(45)44(48)49)55-43(47)36-34-32-30-28-26-24-21-18-16-14-12-10-8-6-4-2/h13,15,18,21,26,28,40-41H,3-12,14,16-17,19-20,22-25,27,29-39,45H2,1-2H3,(H,48,49)(H,50,51)/b15-13+,21-18+,28-26+/t40-,41+/m1/s1. The Morgan fingerprint density at radius 1 is 0.554 bits per heavy atom. The molecule has 4 N–H and O–H groups in total. The number of carbonyl (C=O) groups is 3. The second-order valence-electron chi connectivity index (χ2n) is 14.8. The van der Waals surface area contributed by atoms with Gasteiger partial charge in [0.2, 0.25) is 0 Å². The van der Waals surface area contributed by atoms with Gasteiger partial charge in [0, 0.05) is 12.8 Å². The van der Waals surface area contributed by atoms with Gasteiger partial charge in [-0.1, -0.05) is 147 Å². The Hall–Kier alpha value is -2.30. The van der Waals surface area contributed by atoms with E-state index in [0.717, 1.165) is 44.9 Å². The number of hydrogen-bond donors (Lipinski definition) is 3. The molecule has 0 spiro atoms. The lowest BCUT2D eigenvalue weighted by Crippen LogP contribution is -2.34. The van der Waals surface area contributed by atoms with E-state index in [-0.39, 0.29) is 19.4 Å². The van der Waals surface area contributed by atoms with E-state index >= 15 is 0 Å². The summed E-state index contributed by atoms with van der Waals surface area (Å²) in [6.45, 7) is 2.75. The number of rotatable bonds is 41. The molecule has 12 heteroatoms. The van der Waals surface area contributed by atoms with Crippen LogP contribution in [0.2, 0.25) is 0 Å². The average molecular weight is 814 g/mol. The Balaban J connectivity index is 4.39. The number of aliphatic carboxylic acids is 1. The molecule has 0 saturated heterocycles. The molecule has 0 aliphatic rings. The van der Waals surface area contributed by atoms with E-state index in [1.54, 1.807) is 0 Å². The summed E-state index contributed by atoms with van der Waals surface area (Å²) in [6.07, 6.45) is 42.1. The highest BCUT2D eigenvalue weighted by molar-refractivity contribution is 7.47. The van der Waals surface area contributed by atoms with Gasteiger partial charge in [0.1, 0.15) is 12.6 Å². The number of phosphoric ester groups is 1. The van der Waals surface area contributed by atoms with Gasteiger partial charge < -0.3 is 25.2 Å². The summed E-state index contributed by atoms with van der Waals surface area (Å²) in [5.41, 5.74) is 5.33. The molecule has 0 aliphatic heterocycles. The van der Waals surface area contributed by atoms with Crippen molar-refractivity contribution in [2.45, 2.75) is 206 Å². The Bertz CT molecular complexity index is 1100. The molecule has 326 valence electrons. The van der Waals surface area contributed by atoms with Gasteiger partial charge in [0.05, 0.1) is 13.2 Å². The topological polar surface area (TPSA) is 172 Å². The van der Waals surface area contributed by atoms with Crippen LogP contribution in [0.3, 0.4) is 0 Å². The Kier molecular flexibility index (Phi) is 37.9. The number of hydrogen-bond acceptors (Lipinski definition) is 9. The summed E-state index contributed by atoms with van der Waals surface area (Å²) < 4.78 is 32.7. The average Bonchev–Trinajstić information content (AvgIpc) is 3.17. The fourth-order valence-electron chi connectivity index (χ4n) is 5.85. The van der Waals surface area contributed by atoms with Gasteiger partial charge in [-0.05, 0) is 70.6 Å². The predicted molar refractivity (Wildman–Crippen MR) is 226 cm³/mol. The molecule has 56 heavy (non-hydrogen) atoms. The maximum atomic E-state index is 12.6. The van der Waals surface area contributed by atoms with E-state index in [1.807, 2.05) is 0 Å². The zero-order valence-corrected chi connectivity index (χ0v) is 36.1. The van der Waals surface area contributed by atoms with Crippen LogP contribution in [0, 0.1) is 0 Å². The van der Waals surface area contributed by atoms with Crippen molar-refractivity contribution < 1.29 is 47.5 Å². The highest BCUT2D eigenvalue weighted by Gasteiger charge is 2.28. The Morgan fingerprint density at radius 3 is 1.46 bits per heavy atom. The minimum Gasteiger partial charge on any atom is -0.480 e. The van der Waals surface area contributed by atoms with Gasteiger partial charge in [0.15, 0.2) is 6.10 Å². The van der Waals surface area contributed by atoms with Crippen LogP contribution < -0.4 is 5.73 Å². The molecule has 0 rings (SSSR count). The molecule has 0 fully saturated rings. The van der Waals surface area contributed by atoms with Crippen molar-refractivity contribution in [3.8, 4) is 0 Å². The van der Waals surface area contributed by atoms with Crippen LogP contribution in [0.5, 0.6) is 0 Å². The lowest BCUT2D eigenvalue weighted by atomic mass is 10.1. The quantitative estimate of drug-likeness (QED) is 0.0232. The first-order chi connectivity index (χ1) is 27.1. The largest absolute Gasteiger partial charge is 0.480 e. The number of unbranched alkanes of at least 4 members (excludes halogenated alkanes) is 21. The molecule has 0 aromatic rings. The molecule has 0 amide bonds. The number of carboxylic acids is 1. The monoisotopic (exact) mass is 814 g/mol. The molecule has 0 aromatic carbocycles. The van der Waals surface area contributed by atoms with Crippen molar-refractivity contribution in [3.05, 3.63) is 36.5 Å². The van der Waals surface area contributed by atoms with E-state index in [1.165, 1.54) is 109 Å². The smallest absolute Gasteiger partial charge is 0.472 e. The van der Waals surface area contributed by atoms with Gasteiger partial charge in [0.25, 0.3) is 0 Å². The molecule has 1 unspecified atom stereocenters. The van der Waals surface area contributed by atoms with E-state index < -0.39 is 51.1 Å². The maximum absolute atomic E-state index is 12.6. The molecule has 0 aliphatic carbocycles. The SMILES string of the molecule is CCCCCC/C=C/CCCCCCCCCCCC(=O)OC[C@H](COP(=O)(O)OC[C@H](N)C(=O)O)OC(=O)CCCC/C=C/C/C=C/CCCCCCCC. The van der Waals surface area contributed by atoms with E-state index in [9.17, 15) is 23.8 Å². The summed E-state index contributed by atoms with van der Waals surface area (Å²) >= 11 is 0. The van der Waals surface area contributed by atoms with Crippen molar-refractivity contribution in [2.75, 3.05) is 19.8 Å². The van der Waals surface area contributed by atoms with Gasteiger partial charge in [-0.2, -0.15) is 0 Å². The van der Waals surface area contributed by atoms with Crippen molar-refractivity contribution in [1.29, 1.82) is 0 Å². The lowest BCUT2D eigenvalue weighted by molar-refractivity contribution is -0.161. The van der Waals surface area contributed by atoms with E-state index in [2.05, 4.69) is 54.8 Å². The fraction of sp³-hybridized carbons (Fsp3) is 0.795. The first-order valence-electron chi connectivity index (χ1n) is 22.0. The summed E-state index contributed by atoms with van der Waals surface area (Å²) in [6, 6.07) is -1.53. The minimum atomic E-state index is -4.72. The number of esters is 2. The van der Waals surface area contributed by atoms with E-state index in [0.29, 0.717) is 12.8 Å². The number of phosphoric acid groups is 1. The molecular formula is C44H80NO10P.